The maximum atomic E-state index is 13.7. The molecule has 0 saturated carbocycles. The summed E-state index contributed by atoms with van der Waals surface area (Å²) < 4.78 is 30.4. The minimum absolute atomic E-state index is 0.226. The highest BCUT2D eigenvalue weighted by molar-refractivity contribution is 6.31. The molecule has 6 nitrogen and oxygen atoms in total. The fourth-order valence-electron chi connectivity index (χ4n) is 3.13. The molecule has 1 heterocycles. The molecule has 0 radical (unpaired) electrons. The van der Waals surface area contributed by atoms with Gasteiger partial charge in [0.05, 0.1) is 19.9 Å². The van der Waals surface area contributed by atoms with Crippen molar-refractivity contribution in [3.05, 3.63) is 89.0 Å². The summed E-state index contributed by atoms with van der Waals surface area (Å²) in [6.07, 6.45) is 0. The van der Waals surface area contributed by atoms with Crippen LogP contribution in [-0.4, -0.2) is 24.4 Å². The molecule has 1 N–H and O–H groups in total. The highest BCUT2D eigenvalue weighted by Crippen LogP contribution is 2.37. The lowest BCUT2D eigenvalue weighted by Gasteiger charge is -2.20. The Balaban J connectivity index is 1.77. The normalized spacial score (nSPS) is 11.7. The highest BCUT2D eigenvalue weighted by Gasteiger charge is 2.25. The topological polar surface area (TPSA) is 69.4 Å². The van der Waals surface area contributed by atoms with Crippen LogP contribution < -0.4 is 14.8 Å². The molecule has 31 heavy (non-hydrogen) atoms. The Morgan fingerprint density at radius 1 is 0.968 bits per heavy atom. The zero-order valence-electron chi connectivity index (χ0n) is 16.8. The van der Waals surface area contributed by atoms with Crippen LogP contribution in [0.3, 0.4) is 0 Å². The lowest BCUT2D eigenvalue weighted by molar-refractivity contribution is 0.395. The summed E-state index contributed by atoms with van der Waals surface area (Å²) in [5, 5.41) is 11.9. The van der Waals surface area contributed by atoms with E-state index in [0.29, 0.717) is 28.6 Å². The van der Waals surface area contributed by atoms with Crippen LogP contribution in [0.15, 0.2) is 71.1 Å². The molecule has 0 aliphatic carbocycles. The first-order valence-electron chi connectivity index (χ1n) is 9.41. The summed E-state index contributed by atoms with van der Waals surface area (Å²) in [7, 11) is 3.13. The molecule has 1 atom stereocenters. The van der Waals surface area contributed by atoms with Crippen LogP contribution >= 0.6 is 11.6 Å². The van der Waals surface area contributed by atoms with Gasteiger partial charge in [0.25, 0.3) is 0 Å². The van der Waals surface area contributed by atoms with E-state index < -0.39 is 11.9 Å². The fourth-order valence-corrected chi connectivity index (χ4v) is 3.41. The Labute approximate surface area is 183 Å². The standard InChI is InChI=1S/C23H19ClFN3O3/c1-29-16-9-11-19(20(13-16)30-2)26-21(17-10-8-15(25)12-18(17)24)23-28-27-22(31-23)14-6-4-3-5-7-14/h3-13,21,26H,1-2H3/t21-/m1/s1. The summed E-state index contributed by atoms with van der Waals surface area (Å²) in [6.45, 7) is 0. The average molecular weight is 440 g/mol. The molecule has 0 bridgehead atoms. The van der Waals surface area contributed by atoms with E-state index in [0.717, 1.165) is 5.56 Å². The smallest absolute Gasteiger partial charge is 0.247 e. The number of nitrogens with one attached hydrogen (secondary N) is 1. The van der Waals surface area contributed by atoms with Gasteiger partial charge >= 0.3 is 0 Å². The van der Waals surface area contributed by atoms with Crippen LogP contribution in [0.25, 0.3) is 11.5 Å². The average Bonchev–Trinajstić information content (AvgIpc) is 3.28. The third-order valence-corrected chi connectivity index (χ3v) is 5.02. The number of hydrogen-bond donors (Lipinski definition) is 1. The van der Waals surface area contributed by atoms with Gasteiger partial charge in [-0.05, 0) is 36.4 Å². The predicted molar refractivity (Wildman–Crippen MR) is 116 cm³/mol. The zero-order chi connectivity index (χ0) is 21.8. The lowest BCUT2D eigenvalue weighted by atomic mass is 10.1. The van der Waals surface area contributed by atoms with E-state index >= 15 is 0 Å². The number of methoxy groups -OCH3 is 2. The predicted octanol–water partition coefficient (Wildman–Crippen LogP) is 5.75. The Morgan fingerprint density at radius 2 is 1.77 bits per heavy atom. The molecule has 158 valence electrons. The van der Waals surface area contributed by atoms with Gasteiger partial charge in [0, 0.05) is 22.2 Å². The van der Waals surface area contributed by atoms with Crippen molar-refractivity contribution in [2.45, 2.75) is 6.04 Å². The molecular formula is C23H19ClFN3O3. The monoisotopic (exact) mass is 439 g/mol. The molecule has 4 rings (SSSR count). The number of benzene rings is 3. The first-order chi connectivity index (χ1) is 15.1. The van der Waals surface area contributed by atoms with Gasteiger partial charge in [0.2, 0.25) is 11.8 Å². The van der Waals surface area contributed by atoms with Gasteiger partial charge in [0.1, 0.15) is 23.4 Å². The Kier molecular flexibility index (Phi) is 6.04. The molecule has 0 fully saturated rings. The summed E-state index contributed by atoms with van der Waals surface area (Å²) in [6, 6.07) is 18.2. The molecule has 3 aromatic carbocycles. The van der Waals surface area contributed by atoms with Gasteiger partial charge in [-0.25, -0.2) is 4.39 Å². The zero-order valence-corrected chi connectivity index (χ0v) is 17.6. The second-order valence-corrected chi connectivity index (χ2v) is 7.03. The maximum absolute atomic E-state index is 13.7. The van der Waals surface area contributed by atoms with E-state index in [1.54, 1.807) is 38.5 Å². The van der Waals surface area contributed by atoms with E-state index in [1.807, 2.05) is 30.3 Å². The Bertz CT molecular complexity index is 1180. The van der Waals surface area contributed by atoms with Gasteiger partial charge in [-0.3, -0.25) is 0 Å². The van der Waals surface area contributed by atoms with Gasteiger partial charge in [-0.2, -0.15) is 0 Å². The summed E-state index contributed by atoms with van der Waals surface area (Å²) in [4.78, 5) is 0. The van der Waals surface area contributed by atoms with E-state index in [2.05, 4.69) is 15.5 Å². The third-order valence-electron chi connectivity index (χ3n) is 4.69. The first-order valence-corrected chi connectivity index (χ1v) is 9.79. The molecule has 0 spiro atoms. The highest BCUT2D eigenvalue weighted by atomic mass is 35.5. The molecule has 0 aliphatic rings. The molecule has 0 unspecified atom stereocenters. The third kappa shape index (κ3) is 4.46. The van der Waals surface area contributed by atoms with Crippen LogP contribution in [-0.2, 0) is 0 Å². The number of halogens is 2. The van der Waals surface area contributed by atoms with Crippen molar-refractivity contribution in [1.29, 1.82) is 0 Å². The van der Waals surface area contributed by atoms with Crippen molar-refractivity contribution in [2.75, 3.05) is 19.5 Å². The second-order valence-electron chi connectivity index (χ2n) is 6.62. The SMILES string of the molecule is COc1ccc(N[C@@H](c2nnc(-c3ccccc3)o2)c2ccc(F)cc2Cl)c(OC)c1. The first kappa shape index (κ1) is 20.7. The largest absolute Gasteiger partial charge is 0.497 e. The fraction of sp³-hybridized carbons (Fsp3) is 0.130. The minimum Gasteiger partial charge on any atom is -0.497 e. The van der Waals surface area contributed by atoms with E-state index in [-0.39, 0.29) is 10.9 Å². The van der Waals surface area contributed by atoms with Gasteiger partial charge < -0.3 is 19.2 Å². The summed E-state index contributed by atoms with van der Waals surface area (Å²) >= 11 is 6.36. The van der Waals surface area contributed by atoms with Crippen LogP contribution in [0.5, 0.6) is 11.5 Å². The summed E-state index contributed by atoms with van der Waals surface area (Å²) in [5.74, 6) is 1.38. The Hall–Kier alpha value is -3.58. The minimum atomic E-state index is -0.652. The second kappa shape index (κ2) is 9.06. The molecule has 1 aromatic heterocycles. The van der Waals surface area contributed by atoms with E-state index in [4.69, 9.17) is 25.5 Å². The van der Waals surface area contributed by atoms with Crippen molar-refractivity contribution < 1.29 is 18.3 Å². The Morgan fingerprint density at radius 3 is 2.48 bits per heavy atom. The van der Waals surface area contributed by atoms with Crippen molar-refractivity contribution >= 4 is 17.3 Å². The van der Waals surface area contributed by atoms with Gasteiger partial charge in [-0.1, -0.05) is 35.9 Å². The quantitative estimate of drug-likeness (QED) is 0.395. The van der Waals surface area contributed by atoms with Crippen molar-refractivity contribution in [3.63, 3.8) is 0 Å². The molecular weight excluding hydrogens is 421 g/mol. The lowest BCUT2D eigenvalue weighted by Crippen LogP contribution is -2.14. The van der Waals surface area contributed by atoms with Crippen molar-refractivity contribution in [3.8, 4) is 23.0 Å². The van der Waals surface area contributed by atoms with Crippen molar-refractivity contribution in [1.82, 2.24) is 10.2 Å². The van der Waals surface area contributed by atoms with Gasteiger partial charge in [0.15, 0.2) is 0 Å². The van der Waals surface area contributed by atoms with E-state index in [1.165, 1.54) is 12.1 Å². The number of anilines is 1. The number of aromatic nitrogens is 2. The number of hydrogen-bond acceptors (Lipinski definition) is 6. The molecule has 0 aliphatic heterocycles. The molecule has 0 saturated heterocycles. The van der Waals surface area contributed by atoms with E-state index in [9.17, 15) is 4.39 Å². The number of ether oxygens (including phenoxy) is 2. The molecule has 0 amide bonds. The summed E-state index contributed by atoms with van der Waals surface area (Å²) in [5.41, 5.74) is 2.00. The number of rotatable bonds is 7. The molecule has 8 heteroatoms. The van der Waals surface area contributed by atoms with Crippen molar-refractivity contribution in [2.24, 2.45) is 0 Å². The maximum Gasteiger partial charge on any atom is 0.247 e. The van der Waals surface area contributed by atoms with Gasteiger partial charge in [-0.15, -0.1) is 10.2 Å². The molecule has 4 aromatic rings. The number of nitrogens with zero attached hydrogens (tertiary/aromatic N) is 2. The van der Waals surface area contributed by atoms with Crippen LogP contribution in [0, 0.1) is 5.82 Å². The van der Waals surface area contributed by atoms with Crippen LogP contribution in [0.1, 0.15) is 17.5 Å². The van der Waals surface area contributed by atoms with Crippen LogP contribution in [0.4, 0.5) is 10.1 Å². The van der Waals surface area contributed by atoms with Crippen LogP contribution in [0.2, 0.25) is 5.02 Å².